The molecule has 4 heteroatoms. The molecule has 1 saturated heterocycles. The van der Waals surface area contributed by atoms with Crippen molar-refractivity contribution < 1.29 is 4.79 Å². The molecular weight excluding hydrogens is 298 g/mol. The lowest BCUT2D eigenvalue weighted by atomic mass is 9.98. The number of piperazine rings is 1. The second-order valence-corrected chi connectivity index (χ2v) is 6.68. The van der Waals surface area contributed by atoms with Crippen molar-refractivity contribution in [3.05, 3.63) is 48.2 Å². The summed E-state index contributed by atoms with van der Waals surface area (Å²) in [5.74, 6) is 1.67. The summed E-state index contributed by atoms with van der Waals surface area (Å²) in [5, 5.41) is 0. The van der Waals surface area contributed by atoms with Gasteiger partial charge < -0.3 is 9.80 Å². The molecule has 0 atom stereocenters. The Morgan fingerprint density at radius 3 is 2.38 bits per heavy atom. The number of benzene rings is 1. The highest BCUT2D eigenvalue weighted by molar-refractivity contribution is 5.73. The molecule has 1 amide bonds. The molecule has 0 spiro atoms. The highest BCUT2D eigenvalue weighted by atomic mass is 16.2. The molecule has 1 aromatic carbocycles. The highest BCUT2D eigenvalue weighted by Crippen LogP contribution is 2.25. The number of carbonyl (C=O) groups excluding carboxylic acids is 1. The smallest absolute Gasteiger partial charge is 0.219 e. The minimum absolute atomic E-state index is 0.156. The van der Waals surface area contributed by atoms with Crippen molar-refractivity contribution in [2.45, 2.75) is 26.7 Å². The van der Waals surface area contributed by atoms with E-state index in [0.29, 0.717) is 5.92 Å². The summed E-state index contributed by atoms with van der Waals surface area (Å²) in [6, 6.07) is 12.9. The van der Waals surface area contributed by atoms with Gasteiger partial charge in [0.2, 0.25) is 5.91 Å². The highest BCUT2D eigenvalue weighted by Gasteiger charge is 2.19. The van der Waals surface area contributed by atoms with E-state index in [-0.39, 0.29) is 5.91 Å². The van der Waals surface area contributed by atoms with Gasteiger partial charge >= 0.3 is 0 Å². The minimum Gasteiger partial charge on any atom is -0.353 e. The van der Waals surface area contributed by atoms with Crippen molar-refractivity contribution in [3.63, 3.8) is 0 Å². The SMILES string of the molecule is CC(=O)N1CCN(c2ccc(-c3cccc(C(C)C)c3)cn2)CC1. The van der Waals surface area contributed by atoms with Crippen LogP contribution >= 0.6 is 0 Å². The summed E-state index contributed by atoms with van der Waals surface area (Å²) < 4.78 is 0. The number of nitrogens with zero attached hydrogens (tertiary/aromatic N) is 3. The number of hydrogen-bond acceptors (Lipinski definition) is 3. The Bertz CT molecular complexity index is 701. The number of anilines is 1. The second kappa shape index (κ2) is 7.04. The first-order chi connectivity index (χ1) is 11.5. The van der Waals surface area contributed by atoms with E-state index in [1.807, 2.05) is 11.1 Å². The first kappa shape index (κ1) is 16.5. The number of aromatic nitrogens is 1. The Labute approximate surface area is 144 Å². The van der Waals surface area contributed by atoms with Crippen LogP contribution in [0, 0.1) is 0 Å². The molecule has 0 bridgehead atoms. The van der Waals surface area contributed by atoms with Gasteiger partial charge in [-0.25, -0.2) is 4.98 Å². The van der Waals surface area contributed by atoms with Crippen LogP contribution in [0.4, 0.5) is 5.82 Å². The van der Waals surface area contributed by atoms with Crippen LogP contribution in [0.25, 0.3) is 11.1 Å². The van der Waals surface area contributed by atoms with Crippen molar-refractivity contribution in [1.82, 2.24) is 9.88 Å². The maximum atomic E-state index is 11.4. The van der Waals surface area contributed by atoms with Crippen molar-refractivity contribution in [2.75, 3.05) is 31.1 Å². The molecule has 2 aromatic rings. The van der Waals surface area contributed by atoms with Gasteiger partial charge in [-0.15, -0.1) is 0 Å². The Hall–Kier alpha value is -2.36. The summed E-state index contributed by atoms with van der Waals surface area (Å²) >= 11 is 0. The molecular formula is C20H25N3O. The van der Waals surface area contributed by atoms with Crippen molar-refractivity contribution in [1.29, 1.82) is 0 Å². The zero-order valence-corrected chi connectivity index (χ0v) is 14.7. The number of amides is 1. The Kier molecular flexibility index (Phi) is 4.84. The first-order valence-corrected chi connectivity index (χ1v) is 8.61. The van der Waals surface area contributed by atoms with Gasteiger partial charge in [-0.1, -0.05) is 38.1 Å². The van der Waals surface area contributed by atoms with Gasteiger partial charge in [-0.2, -0.15) is 0 Å². The third-order valence-electron chi connectivity index (χ3n) is 4.68. The van der Waals surface area contributed by atoms with E-state index in [2.05, 4.69) is 60.1 Å². The van der Waals surface area contributed by atoms with Gasteiger partial charge in [0.15, 0.2) is 0 Å². The van der Waals surface area contributed by atoms with Crippen molar-refractivity contribution >= 4 is 11.7 Å². The van der Waals surface area contributed by atoms with Gasteiger partial charge in [0.25, 0.3) is 0 Å². The summed E-state index contributed by atoms with van der Waals surface area (Å²) in [6.45, 7) is 9.28. The molecule has 0 N–H and O–H groups in total. The Morgan fingerprint density at radius 1 is 1.04 bits per heavy atom. The fourth-order valence-electron chi connectivity index (χ4n) is 3.07. The zero-order chi connectivity index (χ0) is 17.1. The predicted octanol–water partition coefficient (Wildman–Crippen LogP) is 3.54. The van der Waals surface area contributed by atoms with Crippen LogP contribution in [0.3, 0.4) is 0 Å². The number of hydrogen-bond donors (Lipinski definition) is 0. The van der Waals surface area contributed by atoms with Gasteiger partial charge in [-0.3, -0.25) is 4.79 Å². The lowest BCUT2D eigenvalue weighted by Crippen LogP contribution is -2.48. The van der Waals surface area contributed by atoms with E-state index in [9.17, 15) is 4.79 Å². The molecule has 0 unspecified atom stereocenters. The molecule has 0 radical (unpaired) electrons. The predicted molar refractivity (Wildman–Crippen MR) is 98.2 cm³/mol. The number of carbonyl (C=O) groups is 1. The molecule has 24 heavy (non-hydrogen) atoms. The van der Waals surface area contributed by atoms with Crippen molar-refractivity contribution in [2.24, 2.45) is 0 Å². The number of pyridine rings is 1. The zero-order valence-electron chi connectivity index (χ0n) is 14.7. The molecule has 1 fully saturated rings. The standard InChI is InChI=1S/C20H25N3O/c1-15(2)17-5-4-6-18(13-17)19-7-8-20(21-14-19)23-11-9-22(10-12-23)16(3)24/h4-8,13-15H,9-12H2,1-3H3. The van der Waals surface area contributed by atoms with Gasteiger partial charge in [0, 0.05) is 44.9 Å². The van der Waals surface area contributed by atoms with Gasteiger partial charge in [0.1, 0.15) is 5.82 Å². The van der Waals surface area contributed by atoms with E-state index >= 15 is 0 Å². The van der Waals surface area contributed by atoms with E-state index < -0.39 is 0 Å². The van der Waals surface area contributed by atoms with E-state index in [4.69, 9.17) is 0 Å². The van der Waals surface area contributed by atoms with E-state index in [1.165, 1.54) is 11.1 Å². The van der Waals surface area contributed by atoms with Crippen LogP contribution in [-0.4, -0.2) is 42.0 Å². The topological polar surface area (TPSA) is 36.4 Å². The van der Waals surface area contributed by atoms with E-state index in [0.717, 1.165) is 37.6 Å². The molecule has 126 valence electrons. The monoisotopic (exact) mass is 323 g/mol. The average Bonchev–Trinajstić information content (AvgIpc) is 2.62. The maximum absolute atomic E-state index is 11.4. The fourth-order valence-corrected chi connectivity index (χ4v) is 3.07. The number of rotatable bonds is 3. The molecule has 1 aliphatic heterocycles. The summed E-state index contributed by atoms with van der Waals surface area (Å²) in [6.07, 6.45) is 1.95. The van der Waals surface area contributed by atoms with Crippen LogP contribution in [-0.2, 0) is 4.79 Å². The second-order valence-electron chi connectivity index (χ2n) is 6.68. The molecule has 0 aliphatic carbocycles. The molecule has 4 nitrogen and oxygen atoms in total. The van der Waals surface area contributed by atoms with Crippen LogP contribution in [0.5, 0.6) is 0 Å². The van der Waals surface area contributed by atoms with Gasteiger partial charge in [0.05, 0.1) is 0 Å². The first-order valence-electron chi connectivity index (χ1n) is 8.61. The molecule has 3 rings (SSSR count). The molecule has 1 aliphatic rings. The third-order valence-corrected chi connectivity index (χ3v) is 4.68. The van der Waals surface area contributed by atoms with Crippen LogP contribution in [0.1, 0.15) is 32.3 Å². The van der Waals surface area contributed by atoms with Crippen LogP contribution in [0.2, 0.25) is 0 Å². The minimum atomic E-state index is 0.156. The summed E-state index contributed by atoms with van der Waals surface area (Å²) in [5.41, 5.74) is 3.70. The average molecular weight is 323 g/mol. The Balaban J connectivity index is 1.72. The molecule has 0 saturated carbocycles. The largest absolute Gasteiger partial charge is 0.353 e. The summed E-state index contributed by atoms with van der Waals surface area (Å²) in [4.78, 5) is 20.2. The third kappa shape index (κ3) is 3.58. The summed E-state index contributed by atoms with van der Waals surface area (Å²) in [7, 11) is 0. The van der Waals surface area contributed by atoms with Crippen LogP contribution < -0.4 is 4.90 Å². The van der Waals surface area contributed by atoms with E-state index in [1.54, 1.807) is 6.92 Å². The van der Waals surface area contributed by atoms with Crippen molar-refractivity contribution in [3.8, 4) is 11.1 Å². The van der Waals surface area contributed by atoms with Crippen LogP contribution in [0.15, 0.2) is 42.6 Å². The van der Waals surface area contributed by atoms with Gasteiger partial charge in [-0.05, 0) is 29.2 Å². The quantitative estimate of drug-likeness (QED) is 0.867. The Morgan fingerprint density at radius 2 is 1.79 bits per heavy atom. The lowest BCUT2D eigenvalue weighted by Gasteiger charge is -2.34. The normalized spacial score (nSPS) is 15.0. The maximum Gasteiger partial charge on any atom is 0.219 e. The molecule has 2 heterocycles. The fraction of sp³-hybridized carbons (Fsp3) is 0.400. The lowest BCUT2D eigenvalue weighted by molar-refractivity contribution is -0.129. The molecule has 1 aromatic heterocycles.